The van der Waals surface area contributed by atoms with E-state index in [0.29, 0.717) is 0 Å². The third-order valence-corrected chi connectivity index (χ3v) is 2.32. The fraction of sp³-hybridized carbons (Fsp3) is 0.400. The van der Waals surface area contributed by atoms with E-state index >= 15 is 0 Å². The van der Waals surface area contributed by atoms with Crippen LogP contribution in [0.15, 0.2) is 18.3 Å². The molecule has 0 aromatic carbocycles. The third-order valence-electron chi connectivity index (χ3n) is 2.32. The Hall–Kier alpha value is -0.980. The summed E-state index contributed by atoms with van der Waals surface area (Å²) in [5.74, 6) is 0.732. The van der Waals surface area contributed by atoms with Crippen LogP contribution in [0.1, 0.15) is 24.6 Å². The molecule has 1 aromatic rings. The Kier molecular flexibility index (Phi) is 1.57. The van der Waals surface area contributed by atoms with Crippen molar-refractivity contribution < 1.29 is 0 Å². The number of hydrogen-bond donors (Lipinski definition) is 1. The summed E-state index contributed by atoms with van der Waals surface area (Å²) in [5, 5.41) is 0. The van der Waals surface area contributed by atoms with Gasteiger partial charge in [0.05, 0.1) is 0 Å². The summed E-state index contributed by atoms with van der Waals surface area (Å²) in [6.45, 7) is 2.27. The Morgan fingerprint density at radius 1 is 1.55 bits per heavy atom. The first-order valence-electron chi connectivity index (χ1n) is 4.21. The van der Waals surface area contributed by atoms with Crippen LogP contribution in [0.4, 0.5) is 0 Å². The molecule has 1 N–H and O–H groups in total. The second-order valence-corrected chi connectivity index (χ2v) is 3.29. The molecule has 0 aliphatic heterocycles. The zero-order valence-corrected chi connectivity index (χ0v) is 6.80. The molecular formula is C10H13N. The fourth-order valence-electron chi connectivity index (χ4n) is 1.52. The van der Waals surface area contributed by atoms with E-state index in [2.05, 4.69) is 30.1 Å². The van der Waals surface area contributed by atoms with Gasteiger partial charge in [0.1, 0.15) is 0 Å². The van der Waals surface area contributed by atoms with Gasteiger partial charge in [-0.3, -0.25) is 0 Å². The molecule has 1 aliphatic carbocycles. The highest BCUT2D eigenvalue weighted by molar-refractivity contribution is 5.53. The van der Waals surface area contributed by atoms with Gasteiger partial charge >= 0.3 is 0 Å². The highest BCUT2D eigenvalue weighted by Gasteiger charge is 2.07. The summed E-state index contributed by atoms with van der Waals surface area (Å²) in [7, 11) is 0. The first-order chi connectivity index (χ1) is 5.36. The van der Waals surface area contributed by atoms with Crippen LogP contribution in [0.25, 0.3) is 6.08 Å². The third kappa shape index (κ3) is 1.23. The highest BCUT2D eigenvalue weighted by atomic mass is 14.7. The molecule has 0 saturated heterocycles. The van der Waals surface area contributed by atoms with Crippen LogP contribution in [0.3, 0.4) is 0 Å². The molecule has 1 atom stereocenters. The normalized spacial score (nSPS) is 22.8. The van der Waals surface area contributed by atoms with Crippen LogP contribution in [-0.4, -0.2) is 4.98 Å². The van der Waals surface area contributed by atoms with Crippen LogP contribution >= 0.6 is 0 Å². The largest absolute Gasteiger partial charge is 0.364 e. The summed E-state index contributed by atoms with van der Waals surface area (Å²) in [4.78, 5) is 3.27. The van der Waals surface area contributed by atoms with Gasteiger partial charge < -0.3 is 4.98 Å². The van der Waals surface area contributed by atoms with Crippen molar-refractivity contribution in [2.24, 2.45) is 5.92 Å². The van der Waals surface area contributed by atoms with E-state index in [9.17, 15) is 0 Å². The molecule has 0 spiro atoms. The lowest BCUT2D eigenvalue weighted by atomic mass is 10.1. The molecule has 0 saturated carbocycles. The molecule has 2 rings (SSSR count). The van der Waals surface area contributed by atoms with E-state index in [-0.39, 0.29) is 0 Å². The molecule has 0 radical (unpaired) electrons. The molecule has 11 heavy (non-hydrogen) atoms. The van der Waals surface area contributed by atoms with Crippen molar-refractivity contribution in [3.05, 3.63) is 29.6 Å². The minimum Gasteiger partial charge on any atom is -0.364 e. The minimum atomic E-state index is 0.732. The minimum absolute atomic E-state index is 0.732. The van der Waals surface area contributed by atoms with Gasteiger partial charge in [0.15, 0.2) is 0 Å². The predicted molar refractivity (Wildman–Crippen MR) is 47.3 cm³/mol. The van der Waals surface area contributed by atoms with E-state index in [0.717, 1.165) is 5.92 Å². The second-order valence-electron chi connectivity index (χ2n) is 3.29. The van der Waals surface area contributed by atoms with Crippen molar-refractivity contribution in [3.63, 3.8) is 0 Å². The van der Waals surface area contributed by atoms with Crippen molar-refractivity contribution >= 4 is 6.08 Å². The van der Waals surface area contributed by atoms with Crippen molar-refractivity contribution in [3.8, 4) is 0 Å². The second kappa shape index (κ2) is 2.57. The van der Waals surface area contributed by atoms with Gasteiger partial charge in [0, 0.05) is 11.9 Å². The van der Waals surface area contributed by atoms with Crippen LogP contribution < -0.4 is 0 Å². The molecule has 1 heteroatoms. The number of hydrogen-bond acceptors (Lipinski definition) is 0. The van der Waals surface area contributed by atoms with Gasteiger partial charge in [-0.1, -0.05) is 19.1 Å². The molecule has 1 unspecified atom stereocenters. The van der Waals surface area contributed by atoms with Crippen molar-refractivity contribution in [1.29, 1.82) is 0 Å². The molecule has 1 heterocycles. The van der Waals surface area contributed by atoms with E-state index in [1.807, 2.05) is 6.20 Å². The van der Waals surface area contributed by atoms with Crippen LogP contribution in [0, 0.1) is 5.92 Å². The van der Waals surface area contributed by atoms with Crippen molar-refractivity contribution in [2.75, 3.05) is 0 Å². The molecule has 1 aliphatic rings. The average molecular weight is 147 g/mol. The number of allylic oxidation sites excluding steroid dienone is 1. The van der Waals surface area contributed by atoms with Crippen LogP contribution in [0.2, 0.25) is 0 Å². The maximum atomic E-state index is 3.27. The number of aromatic nitrogens is 1. The number of fused-ring (bicyclic) bond motifs is 1. The van der Waals surface area contributed by atoms with Gasteiger partial charge in [0.2, 0.25) is 0 Å². The van der Waals surface area contributed by atoms with Crippen molar-refractivity contribution in [1.82, 2.24) is 4.98 Å². The topological polar surface area (TPSA) is 15.8 Å². The number of aromatic amines is 1. The van der Waals surface area contributed by atoms with Gasteiger partial charge in [0.25, 0.3) is 0 Å². The fourth-order valence-corrected chi connectivity index (χ4v) is 1.52. The maximum Gasteiger partial charge on any atom is 0.0220 e. The zero-order chi connectivity index (χ0) is 7.68. The summed E-state index contributed by atoms with van der Waals surface area (Å²) >= 11 is 0. The van der Waals surface area contributed by atoms with Gasteiger partial charge in [-0.2, -0.15) is 0 Å². The number of rotatable bonds is 0. The van der Waals surface area contributed by atoms with E-state index in [1.54, 1.807) is 0 Å². The standard InChI is InChI=1S/C10H13N/c1-8-2-4-9-6-7-11-10(9)5-3-8/h2,4,6-8,11H,3,5H2,1H3. The first kappa shape index (κ1) is 6.71. The summed E-state index contributed by atoms with van der Waals surface area (Å²) in [5.41, 5.74) is 2.76. The van der Waals surface area contributed by atoms with E-state index < -0.39 is 0 Å². The van der Waals surface area contributed by atoms with E-state index in [4.69, 9.17) is 0 Å². The lowest BCUT2D eigenvalue weighted by molar-refractivity contribution is 0.649. The quantitative estimate of drug-likeness (QED) is 0.580. The summed E-state index contributed by atoms with van der Waals surface area (Å²) in [6, 6.07) is 2.14. The molecule has 1 aromatic heterocycles. The Morgan fingerprint density at radius 2 is 2.45 bits per heavy atom. The molecule has 58 valence electrons. The van der Waals surface area contributed by atoms with Crippen LogP contribution in [0.5, 0.6) is 0 Å². The number of nitrogens with one attached hydrogen (secondary N) is 1. The molecular weight excluding hydrogens is 134 g/mol. The van der Waals surface area contributed by atoms with E-state index in [1.165, 1.54) is 24.1 Å². The lowest BCUT2D eigenvalue weighted by Crippen LogP contribution is -1.91. The number of aryl methyl sites for hydroxylation is 1. The first-order valence-corrected chi connectivity index (χ1v) is 4.21. The van der Waals surface area contributed by atoms with Gasteiger partial charge in [-0.05, 0) is 30.4 Å². The Balaban J connectivity index is 2.35. The van der Waals surface area contributed by atoms with Crippen LogP contribution in [-0.2, 0) is 6.42 Å². The molecule has 0 fully saturated rings. The smallest absolute Gasteiger partial charge is 0.0220 e. The predicted octanol–water partition coefficient (Wildman–Crippen LogP) is 2.61. The van der Waals surface area contributed by atoms with Crippen molar-refractivity contribution in [2.45, 2.75) is 19.8 Å². The van der Waals surface area contributed by atoms with Gasteiger partial charge in [-0.15, -0.1) is 0 Å². The molecule has 0 amide bonds. The Morgan fingerprint density at radius 3 is 3.36 bits per heavy atom. The maximum absolute atomic E-state index is 3.27. The van der Waals surface area contributed by atoms with Gasteiger partial charge in [-0.25, -0.2) is 0 Å². The monoisotopic (exact) mass is 147 g/mol. The zero-order valence-electron chi connectivity index (χ0n) is 6.80. The average Bonchev–Trinajstić information content (AvgIpc) is 2.38. The summed E-state index contributed by atoms with van der Waals surface area (Å²) < 4.78 is 0. The lowest BCUT2D eigenvalue weighted by Gasteiger charge is -2.00. The SMILES string of the molecule is CC1C=Cc2cc[nH]c2CC1. The molecule has 0 bridgehead atoms. The Labute approximate surface area is 67.1 Å². The highest BCUT2D eigenvalue weighted by Crippen LogP contribution is 2.20. The molecule has 1 nitrogen and oxygen atoms in total. The summed E-state index contributed by atoms with van der Waals surface area (Å²) in [6.07, 6.45) is 8.99. The Bertz CT molecular complexity index is 270. The number of H-pyrrole nitrogens is 1.